The molecule has 0 aromatic heterocycles. The lowest BCUT2D eigenvalue weighted by atomic mass is 10.0. The fraction of sp³-hybridized carbons (Fsp3) is 0.350. The lowest BCUT2D eigenvalue weighted by molar-refractivity contribution is -0.122. The average molecular weight is 327 g/mol. The molecule has 1 unspecified atom stereocenters. The van der Waals surface area contributed by atoms with Crippen LogP contribution in [0.4, 0.5) is 5.69 Å². The van der Waals surface area contributed by atoms with Gasteiger partial charge in [0.1, 0.15) is 11.5 Å². The molecule has 0 aliphatic heterocycles. The van der Waals surface area contributed by atoms with Crippen LogP contribution < -0.4 is 14.8 Å². The summed E-state index contributed by atoms with van der Waals surface area (Å²) >= 11 is 0. The molecule has 0 saturated carbocycles. The molecule has 24 heavy (non-hydrogen) atoms. The molecule has 0 heterocycles. The van der Waals surface area contributed by atoms with E-state index in [2.05, 4.69) is 19.2 Å². The summed E-state index contributed by atoms with van der Waals surface area (Å²) in [7, 11) is 0. The highest BCUT2D eigenvalue weighted by atomic mass is 16.5. The summed E-state index contributed by atoms with van der Waals surface area (Å²) in [6.07, 6.45) is -0.594. The van der Waals surface area contributed by atoms with Gasteiger partial charge in [-0.1, -0.05) is 32.0 Å². The highest BCUT2D eigenvalue weighted by Crippen LogP contribution is 2.24. The Bertz CT molecular complexity index is 665. The minimum Gasteiger partial charge on any atom is -0.494 e. The van der Waals surface area contributed by atoms with Gasteiger partial charge in [0.2, 0.25) is 0 Å². The van der Waals surface area contributed by atoms with Crippen molar-refractivity contribution < 1.29 is 14.3 Å². The normalized spacial score (nSPS) is 11.9. The van der Waals surface area contributed by atoms with Gasteiger partial charge in [0.05, 0.1) is 6.61 Å². The number of hydrogen-bond donors (Lipinski definition) is 1. The smallest absolute Gasteiger partial charge is 0.265 e. The largest absolute Gasteiger partial charge is 0.494 e. The third kappa shape index (κ3) is 4.75. The molecule has 2 aromatic rings. The first kappa shape index (κ1) is 17.9. The van der Waals surface area contributed by atoms with Crippen molar-refractivity contribution >= 4 is 11.6 Å². The number of rotatable bonds is 7. The molecule has 2 aromatic carbocycles. The SMILES string of the molecule is CCOc1ccc(OC(C)C(=O)Nc2ccccc2C(C)C)cc1. The van der Waals surface area contributed by atoms with Crippen molar-refractivity contribution in [2.45, 2.75) is 39.7 Å². The summed E-state index contributed by atoms with van der Waals surface area (Å²) < 4.78 is 11.1. The predicted octanol–water partition coefficient (Wildman–Crippen LogP) is 4.61. The van der Waals surface area contributed by atoms with Gasteiger partial charge in [-0.25, -0.2) is 0 Å². The maximum Gasteiger partial charge on any atom is 0.265 e. The first-order valence-corrected chi connectivity index (χ1v) is 8.30. The quantitative estimate of drug-likeness (QED) is 0.807. The number of carbonyl (C=O) groups is 1. The third-order valence-electron chi connectivity index (χ3n) is 3.66. The lowest BCUT2D eigenvalue weighted by Crippen LogP contribution is -2.30. The maximum absolute atomic E-state index is 12.4. The highest BCUT2D eigenvalue weighted by Gasteiger charge is 2.17. The zero-order valence-electron chi connectivity index (χ0n) is 14.7. The van der Waals surface area contributed by atoms with Gasteiger partial charge in [-0.05, 0) is 55.7 Å². The number of ether oxygens (including phenoxy) is 2. The van der Waals surface area contributed by atoms with E-state index in [0.29, 0.717) is 18.3 Å². The Hall–Kier alpha value is -2.49. The van der Waals surface area contributed by atoms with E-state index in [1.54, 1.807) is 19.1 Å². The Labute approximate surface area is 143 Å². The van der Waals surface area contributed by atoms with Gasteiger partial charge in [0.25, 0.3) is 5.91 Å². The lowest BCUT2D eigenvalue weighted by Gasteiger charge is -2.18. The van der Waals surface area contributed by atoms with Crippen LogP contribution >= 0.6 is 0 Å². The van der Waals surface area contributed by atoms with Gasteiger partial charge in [-0.15, -0.1) is 0 Å². The van der Waals surface area contributed by atoms with Gasteiger partial charge in [-0.2, -0.15) is 0 Å². The van der Waals surface area contributed by atoms with Crippen LogP contribution in [0.25, 0.3) is 0 Å². The van der Waals surface area contributed by atoms with E-state index in [0.717, 1.165) is 17.0 Å². The van der Waals surface area contributed by atoms with Gasteiger partial charge in [-0.3, -0.25) is 4.79 Å². The third-order valence-corrected chi connectivity index (χ3v) is 3.66. The van der Waals surface area contributed by atoms with E-state index in [1.165, 1.54) is 0 Å². The molecule has 1 atom stereocenters. The Kier molecular flexibility index (Phi) is 6.24. The first-order valence-electron chi connectivity index (χ1n) is 8.30. The molecule has 0 fully saturated rings. The zero-order chi connectivity index (χ0) is 17.5. The van der Waals surface area contributed by atoms with E-state index in [1.807, 2.05) is 43.3 Å². The van der Waals surface area contributed by atoms with E-state index in [-0.39, 0.29) is 5.91 Å². The van der Waals surface area contributed by atoms with E-state index < -0.39 is 6.10 Å². The average Bonchev–Trinajstić information content (AvgIpc) is 2.57. The summed E-state index contributed by atoms with van der Waals surface area (Å²) in [5, 5.41) is 2.95. The molecule has 0 radical (unpaired) electrons. The number of hydrogen-bond acceptors (Lipinski definition) is 3. The van der Waals surface area contributed by atoms with Crippen LogP contribution in [-0.4, -0.2) is 18.6 Å². The Morgan fingerprint density at radius 3 is 2.25 bits per heavy atom. The first-order chi connectivity index (χ1) is 11.5. The second-order valence-electron chi connectivity index (χ2n) is 5.90. The highest BCUT2D eigenvalue weighted by molar-refractivity contribution is 5.94. The Balaban J connectivity index is 2.00. The summed E-state index contributed by atoms with van der Waals surface area (Å²) in [6, 6.07) is 15.1. The Morgan fingerprint density at radius 2 is 1.62 bits per heavy atom. The number of anilines is 1. The number of benzene rings is 2. The van der Waals surface area contributed by atoms with Crippen molar-refractivity contribution in [1.82, 2.24) is 0 Å². The predicted molar refractivity (Wildman–Crippen MR) is 96.9 cm³/mol. The van der Waals surface area contributed by atoms with Crippen LogP contribution in [0.5, 0.6) is 11.5 Å². The van der Waals surface area contributed by atoms with Crippen LogP contribution in [0.2, 0.25) is 0 Å². The van der Waals surface area contributed by atoms with Crippen LogP contribution in [-0.2, 0) is 4.79 Å². The molecule has 4 heteroatoms. The standard InChI is InChI=1S/C20H25NO3/c1-5-23-16-10-12-17(13-11-16)24-15(4)20(22)21-19-9-7-6-8-18(19)14(2)3/h6-15H,5H2,1-4H3,(H,21,22). The number of carbonyl (C=O) groups excluding carboxylic acids is 1. The van der Waals surface area contributed by atoms with Gasteiger partial charge >= 0.3 is 0 Å². The molecular formula is C20H25NO3. The van der Waals surface area contributed by atoms with Crippen molar-refractivity contribution in [2.24, 2.45) is 0 Å². The summed E-state index contributed by atoms with van der Waals surface area (Å²) in [5.41, 5.74) is 1.94. The van der Waals surface area contributed by atoms with Crippen molar-refractivity contribution in [3.63, 3.8) is 0 Å². The summed E-state index contributed by atoms with van der Waals surface area (Å²) in [6.45, 7) is 8.50. The van der Waals surface area contributed by atoms with E-state index >= 15 is 0 Å². The van der Waals surface area contributed by atoms with Gasteiger partial charge in [0, 0.05) is 5.69 Å². The van der Waals surface area contributed by atoms with Crippen molar-refractivity contribution in [3.05, 3.63) is 54.1 Å². The molecule has 0 saturated heterocycles. The summed E-state index contributed by atoms with van der Waals surface area (Å²) in [5.74, 6) is 1.59. The molecular weight excluding hydrogens is 302 g/mol. The molecule has 0 spiro atoms. The van der Waals surface area contributed by atoms with E-state index in [4.69, 9.17) is 9.47 Å². The minimum atomic E-state index is -0.594. The molecule has 1 N–H and O–H groups in total. The molecule has 0 aliphatic carbocycles. The molecule has 2 rings (SSSR count). The van der Waals surface area contributed by atoms with Crippen molar-refractivity contribution in [3.8, 4) is 11.5 Å². The second-order valence-corrected chi connectivity index (χ2v) is 5.90. The number of amides is 1. The second kappa shape index (κ2) is 8.39. The minimum absolute atomic E-state index is 0.169. The van der Waals surface area contributed by atoms with Crippen LogP contribution in [0, 0.1) is 0 Å². The van der Waals surface area contributed by atoms with Crippen LogP contribution in [0.15, 0.2) is 48.5 Å². The molecule has 0 aliphatic rings. The fourth-order valence-corrected chi connectivity index (χ4v) is 2.39. The van der Waals surface area contributed by atoms with Crippen molar-refractivity contribution in [1.29, 1.82) is 0 Å². The molecule has 128 valence electrons. The number of para-hydroxylation sites is 1. The van der Waals surface area contributed by atoms with Gasteiger partial charge < -0.3 is 14.8 Å². The fourth-order valence-electron chi connectivity index (χ4n) is 2.39. The topological polar surface area (TPSA) is 47.6 Å². The van der Waals surface area contributed by atoms with Gasteiger partial charge in [0.15, 0.2) is 6.10 Å². The van der Waals surface area contributed by atoms with Crippen LogP contribution in [0.1, 0.15) is 39.2 Å². The maximum atomic E-state index is 12.4. The molecule has 1 amide bonds. The summed E-state index contributed by atoms with van der Waals surface area (Å²) in [4.78, 5) is 12.4. The zero-order valence-corrected chi connectivity index (χ0v) is 14.7. The molecule has 4 nitrogen and oxygen atoms in total. The van der Waals surface area contributed by atoms with E-state index in [9.17, 15) is 4.79 Å². The van der Waals surface area contributed by atoms with Crippen LogP contribution in [0.3, 0.4) is 0 Å². The Morgan fingerprint density at radius 1 is 1.00 bits per heavy atom. The van der Waals surface area contributed by atoms with Crippen molar-refractivity contribution in [2.75, 3.05) is 11.9 Å². The monoisotopic (exact) mass is 327 g/mol. The molecule has 0 bridgehead atoms. The number of nitrogens with one attached hydrogen (secondary N) is 1.